The highest BCUT2D eigenvalue weighted by atomic mass is 16.4. The van der Waals surface area contributed by atoms with Gasteiger partial charge in [0.25, 0.3) is 0 Å². The van der Waals surface area contributed by atoms with Crippen molar-refractivity contribution in [2.24, 2.45) is 23.5 Å². The maximum absolute atomic E-state index is 12.7. The van der Waals surface area contributed by atoms with Gasteiger partial charge in [0.1, 0.15) is 0 Å². The number of fused-ring (bicyclic) bond motifs is 2. The van der Waals surface area contributed by atoms with Crippen molar-refractivity contribution >= 4 is 11.9 Å². The van der Waals surface area contributed by atoms with Crippen molar-refractivity contribution in [1.29, 1.82) is 0 Å². The second kappa shape index (κ2) is 5.93. The van der Waals surface area contributed by atoms with Crippen molar-refractivity contribution in [2.75, 3.05) is 32.7 Å². The summed E-state index contributed by atoms with van der Waals surface area (Å²) in [6, 6.07) is 0.0567. The van der Waals surface area contributed by atoms with Gasteiger partial charge in [-0.05, 0) is 31.1 Å². The first-order valence-electron chi connectivity index (χ1n) is 8.05. The van der Waals surface area contributed by atoms with Crippen molar-refractivity contribution in [3.05, 3.63) is 0 Å². The van der Waals surface area contributed by atoms with Crippen molar-refractivity contribution < 1.29 is 14.7 Å². The molecule has 2 saturated carbocycles. The van der Waals surface area contributed by atoms with Crippen molar-refractivity contribution in [3.63, 3.8) is 0 Å². The van der Waals surface area contributed by atoms with Gasteiger partial charge in [0.05, 0.1) is 12.3 Å². The van der Waals surface area contributed by atoms with Crippen LogP contribution in [0.2, 0.25) is 0 Å². The molecule has 4 atom stereocenters. The molecule has 2 bridgehead atoms. The lowest BCUT2D eigenvalue weighted by molar-refractivity contribution is -0.141. The van der Waals surface area contributed by atoms with Gasteiger partial charge in [-0.1, -0.05) is 0 Å². The molecular formula is C15H25N3O3. The monoisotopic (exact) mass is 295 g/mol. The highest BCUT2D eigenvalue weighted by Gasteiger charge is 2.50. The summed E-state index contributed by atoms with van der Waals surface area (Å²) in [5, 5.41) is 8.71. The lowest BCUT2D eigenvalue weighted by atomic mass is 9.84. The van der Waals surface area contributed by atoms with Crippen LogP contribution in [0.3, 0.4) is 0 Å². The van der Waals surface area contributed by atoms with Crippen LogP contribution in [0.15, 0.2) is 0 Å². The number of hydrogen-bond acceptors (Lipinski definition) is 4. The Morgan fingerprint density at radius 1 is 1.10 bits per heavy atom. The summed E-state index contributed by atoms with van der Waals surface area (Å²) in [7, 11) is 0. The number of hydrogen-bond donors (Lipinski definition) is 2. The van der Waals surface area contributed by atoms with E-state index in [1.165, 1.54) is 6.42 Å². The van der Waals surface area contributed by atoms with Gasteiger partial charge >= 0.3 is 5.97 Å². The van der Waals surface area contributed by atoms with Crippen LogP contribution in [-0.2, 0) is 9.59 Å². The number of nitrogens with zero attached hydrogens (tertiary/aromatic N) is 2. The van der Waals surface area contributed by atoms with Crippen LogP contribution in [0.1, 0.15) is 25.7 Å². The number of piperazine rings is 1. The Balaban J connectivity index is 1.50. The summed E-state index contributed by atoms with van der Waals surface area (Å²) in [4.78, 5) is 27.4. The van der Waals surface area contributed by atoms with Crippen molar-refractivity contribution in [1.82, 2.24) is 9.80 Å². The van der Waals surface area contributed by atoms with Crippen LogP contribution in [-0.4, -0.2) is 65.5 Å². The van der Waals surface area contributed by atoms with E-state index in [9.17, 15) is 9.59 Å². The number of rotatable bonds is 4. The van der Waals surface area contributed by atoms with Gasteiger partial charge in [0.2, 0.25) is 5.91 Å². The molecule has 2 aliphatic carbocycles. The summed E-state index contributed by atoms with van der Waals surface area (Å²) in [5.41, 5.74) is 6.26. The quantitative estimate of drug-likeness (QED) is 0.761. The lowest BCUT2D eigenvalue weighted by Crippen LogP contribution is -2.54. The third-order valence-corrected chi connectivity index (χ3v) is 5.59. The molecule has 1 heterocycles. The van der Waals surface area contributed by atoms with E-state index in [-0.39, 0.29) is 24.3 Å². The number of carbonyl (C=O) groups excluding carboxylic acids is 1. The topological polar surface area (TPSA) is 86.9 Å². The van der Waals surface area contributed by atoms with Gasteiger partial charge in [0.15, 0.2) is 0 Å². The average Bonchev–Trinajstić information content (AvgIpc) is 3.06. The molecule has 118 valence electrons. The molecule has 0 radical (unpaired) electrons. The lowest BCUT2D eigenvalue weighted by Gasteiger charge is -2.38. The summed E-state index contributed by atoms with van der Waals surface area (Å²) in [6.45, 7) is 3.53. The largest absolute Gasteiger partial charge is 0.481 e. The summed E-state index contributed by atoms with van der Waals surface area (Å²) in [5.74, 6) is 0.576. The number of carbonyl (C=O) groups is 2. The standard InChI is InChI=1S/C15H25N3O3/c16-14-11-2-1-10(9-11)13(14)15(21)18-7-5-17(6-8-18)4-3-12(19)20/h10-11,13-14H,1-9,16H2,(H,19,20). The summed E-state index contributed by atoms with van der Waals surface area (Å²) >= 11 is 0. The third-order valence-electron chi connectivity index (χ3n) is 5.59. The molecule has 3 N–H and O–H groups in total. The maximum Gasteiger partial charge on any atom is 0.304 e. The fourth-order valence-electron chi connectivity index (χ4n) is 4.36. The predicted molar refractivity (Wildman–Crippen MR) is 77.6 cm³/mol. The van der Waals surface area contributed by atoms with Crippen LogP contribution in [0, 0.1) is 17.8 Å². The molecule has 1 aliphatic heterocycles. The molecule has 1 saturated heterocycles. The third kappa shape index (κ3) is 2.92. The molecular weight excluding hydrogens is 270 g/mol. The molecule has 0 aromatic carbocycles. The zero-order chi connectivity index (χ0) is 15.0. The Bertz CT molecular complexity index is 418. The first-order chi connectivity index (χ1) is 10.1. The molecule has 3 aliphatic rings. The Kier molecular flexibility index (Phi) is 4.17. The summed E-state index contributed by atoms with van der Waals surface area (Å²) in [6.07, 6.45) is 3.66. The van der Waals surface area contributed by atoms with E-state index in [0.717, 1.165) is 25.9 Å². The van der Waals surface area contributed by atoms with Crippen LogP contribution >= 0.6 is 0 Å². The van der Waals surface area contributed by atoms with E-state index in [4.69, 9.17) is 10.8 Å². The van der Waals surface area contributed by atoms with Crippen LogP contribution < -0.4 is 5.73 Å². The van der Waals surface area contributed by atoms with Gasteiger partial charge in [-0.3, -0.25) is 14.5 Å². The van der Waals surface area contributed by atoms with E-state index in [1.807, 2.05) is 4.90 Å². The average molecular weight is 295 g/mol. The SMILES string of the molecule is NC1C2CCC(C2)C1C(=O)N1CCN(CCC(=O)O)CC1. The normalized spacial score (nSPS) is 36.1. The second-order valence-corrected chi connectivity index (χ2v) is 6.75. The first-order valence-corrected chi connectivity index (χ1v) is 8.05. The van der Waals surface area contributed by atoms with E-state index >= 15 is 0 Å². The minimum Gasteiger partial charge on any atom is -0.481 e. The molecule has 6 heteroatoms. The molecule has 21 heavy (non-hydrogen) atoms. The molecule has 3 rings (SSSR count). The molecule has 1 amide bonds. The highest BCUT2D eigenvalue weighted by molar-refractivity contribution is 5.80. The molecule has 0 aromatic rings. The van der Waals surface area contributed by atoms with Gasteiger partial charge in [0, 0.05) is 38.8 Å². The van der Waals surface area contributed by atoms with Crippen LogP contribution in [0.25, 0.3) is 0 Å². The fourth-order valence-corrected chi connectivity index (χ4v) is 4.36. The van der Waals surface area contributed by atoms with Gasteiger partial charge in [-0.15, -0.1) is 0 Å². The molecule has 3 fully saturated rings. The number of amides is 1. The smallest absolute Gasteiger partial charge is 0.304 e. The Morgan fingerprint density at radius 2 is 1.76 bits per heavy atom. The molecule has 0 aromatic heterocycles. The van der Waals surface area contributed by atoms with Gasteiger partial charge in [-0.25, -0.2) is 0 Å². The number of carboxylic acid groups (broad SMARTS) is 1. The Labute approximate surface area is 125 Å². The van der Waals surface area contributed by atoms with Crippen molar-refractivity contribution in [3.8, 4) is 0 Å². The Hall–Kier alpha value is -1.14. The molecule has 4 unspecified atom stereocenters. The maximum atomic E-state index is 12.7. The fraction of sp³-hybridized carbons (Fsp3) is 0.867. The molecule has 6 nitrogen and oxygen atoms in total. The number of aliphatic carboxylic acids is 1. The summed E-state index contributed by atoms with van der Waals surface area (Å²) < 4.78 is 0. The van der Waals surface area contributed by atoms with E-state index in [1.54, 1.807) is 0 Å². The number of nitrogens with two attached hydrogens (primary N) is 1. The van der Waals surface area contributed by atoms with Crippen LogP contribution in [0.4, 0.5) is 0 Å². The molecule has 0 spiro atoms. The first kappa shape index (κ1) is 14.8. The van der Waals surface area contributed by atoms with Crippen LogP contribution in [0.5, 0.6) is 0 Å². The van der Waals surface area contributed by atoms with E-state index in [0.29, 0.717) is 31.5 Å². The second-order valence-electron chi connectivity index (χ2n) is 6.75. The highest BCUT2D eigenvalue weighted by Crippen LogP contribution is 2.48. The van der Waals surface area contributed by atoms with E-state index in [2.05, 4.69) is 4.90 Å². The minimum atomic E-state index is -0.763. The van der Waals surface area contributed by atoms with Gasteiger partial charge < -0.3 is 15.7 Å². The number of carboxylic acids is 1. The van der Waals surface area contributed by atoms with Crippen molar-refractivity contribution in [2.45, 2.75) is 31.7 Å². The van der Waals surface area contributed by atoms with E-state index < -0.39 is 5.97 Å². The van der Waals surface area contributed by atoms with Gasteiger partial charge in [-0.2, -0.15) is 0 Å². The Morgan fingerprint density at radius 3 is 2.33 bits per heavy atom. The zero-order valence-corrected chi connectivity index (χ0v) is 12.4. The zero-order valence-electron chi connectivity index (χ0n) is 12.4. The minimum absolute atomic E-state index is 0.0364. The predicted octanol–water partition coefficient (Wildman–Crippen LogP) is -0.0213.